The summed E-state index contributed by atoms with van der Waals surface area (Å²) in [4.78, 5) is 26.0. The monoisotopic (exact) mass is 349 g/mol. The predicted octanol–water partition coefficient (Wildman–Crippen LogP) is 1.83. The number of carbonyl (C=O) groups is 2. The van der Waals surface area contributed by atoms with E-state index in [1.165, 1.54) is 0 Å². The smallest absolute Gasteiger partial charge is 0.315 e. The summed E-state index contributed by atoms with van der Waals surface area (Å²) in [5.74, 6) is 0.357. The normalized spacial score (nSPS) is 19.2. The van der Waals surface area contributed by atoms with Crippen molar-refractivity contribution >= 4 is 11.9 Å². The van der Waals surface area contributed by atoms with Gasteiger partial charge in [-0.25, -0.2) is 4.79 Å². The van der Waals surface area contributed by atoms with Crippen molar-refractivity contribution < 1.29 is 9.59 Å². The fraction of sp³-hybridized carbons (Fsp3) is 0.722. The van der Waals surface area contributed by atoms with Crippen LogP contribution < -0.4 is 10.6 Å². The van der Waals surface area contributed by atoms with E-state index in [0.717, 1.165) is 17.9 Å². The molecule has 0 radical (unpaired) electrons. The predicted molar refractivity (Wildman–Crippen MR) is 97.3 cm³/mol. The molecule has 0 unspecified atom stereocenters. The second-order valence-electron chi connectivity index (χ2n) is 8.14. The topological polar surface area (TPSA) is 79.3 Å². The maximum absolute atomic E-state index is 12.1. The minimum atomic E-state index is -0.214. The van der Waals surface area contributed by atoms with Gasteiger partial charge in [0.15, 0.2) is 0 Å². The molecule has 140 valence electrons. The molecule has 0 bridgehead atoms. The number of urea groups is 1. The Kier molecular flexibility index (Phi) is 5.75. The summed E-state index contributed by atoms with van der Waals surface area (Å²) in [6.45, 7) is 14.0. The Morgan fingerprint density at radius 3 is 2.60 bits per heavy atom. The molecule has 1 saturated heterocycles. The fourth-order valence-corrected chi connectivity index (χ4v) is 3.18. The molecule has 1 aromatic heterocycles. The van der Waals surface area contributed by atoms with Gasteiger partial charge in [-0.3, -0.25) is 9.48 Å². The van der Waals surface area contributed by atoms with Gasteiger partial charge < -0.3 is 15.5 Å². The summed E-state index contributed by atoms with van der Waals surface area (Å²) >= 11 is 0. The molecule has 7 heteroatoms. The quantitative estimate of drug-likeness (QED) is 0.851. The molecule has 3 amide bonds. The van der Waals surface area contributed by atoms with Crippen LogP contribution in [0.25, 0.3) is 0 Å². The van der Waals surface area contributed by atoms with Gasteiger partial charge in [-0.15, -0.1) is 0 Å². The van der Waals surface area contributed by atoms with E-state index in [1.54, 1.807) is 0 Å². The van der Waals surface area contributed by atoms with Crippen molar-refractivity contribution in [3.05, 3.63) is 17.5 Å². The third-order valence-corrected chi connectivity index (χ3v) is 4.47. The van der Waals surface area contributed by atoms with E-state index in [4.69, 9.17) is 0 Å². The zero-order valence-corrected chi connectivity index (χ0v) is 16.2. The van der Waals surface area contributed by atoms with Gasteiger partial charge in [-0.2, -0.15) is 5.10 Å². The summed E-state index contributed by atoms with van der Waals surface area (Å²) in [6.07, 6.45) is 0.367. The number of aryl methyl sites for hydroxylation is 2. The van der Waals surface area contributed by atoms with Crippen molar-refractivity contribution in [2.75, 3.05) is 13.1 Å². The second-order valence-corrected chi connectivity index (χ2v) is 8.14. The standard InChI is InChI=1S/C18H31N5O2/c1-12(10-23-14(3)7-13(2)21-23)9-19-17(25)20-15-8-16(24)22(11-15)18(4,5)6/h7,12,15H,8-11H2,1-6H3,(H2,19,20,25)/t12-,15-/m0/s1. The van der Waals surface area contributed by atoms with E-state index in [9.17, 15) is 9.59 Å². The summed E-state index contributed by atoms with van der Waals surface area (Å²) in [6, 6.07) is 1.71. The van der Waals surface area contributed by atoms with Crippen LogP contribution in [-0.4, -0.2) is 51.3 Å². The highest BCUT2D eigenvalue weighted by atomic mass is 16.2. The number of carbonyl (C=O) groups excluding carboxylic acids is 2. The van der Waals surface area contributed by atoms with E-state index >= 15 is 0 Å². The van der Waals surface area contributed by atoms with Crippen LogP contribution in [0.5, 0.6) is 0 Å². The van der Waals surface area contributed by atoms with Gasteiger partial charge in [-0.1, -0.05) is 6.92 Å². The Hall–Kier alpha value is -2.05. The van der Waals surface area contributed by atoms with Crippen LogP contribution in [0, 0.1) is 19.8 Å². The highest BCUT2D eigenvalue weighted by Crippen LogP contribution is 2.21. The number of aromatic nitrogens is 2. The number of nitrogens with zero attached hydrogens (tertiary/aromatic N) is 3. The Balaban J connectivity index is 1.75. The first kappa shape index (κ1) is 19.3. The minimum Gasteiger partial charge on any atom is -0.338 e. The van der Waals surface area contributed by atoms with Gasteiger partial charge in [0.25, 0.3) is 0 Å². The lowest BCUT2D eigenvalue weighted by Gasteiger charge is -2.32. The van der Waals surface area contributed by atoms with Crippen LogP contribution in [0.3, 0.4) is 0 Å². The van der Waals surface area contributed by atoms with Crippen LogP contribution in [0.4, 0.5) is 4.79 Å². The summed E-state index contributed by atoms with van der Waals surface area (Å²) < 4.78 is 1.97. The van der Waals surface area contributed by atoms with Gasteiger partial charge in [0, 0.05) is 37.3 Å². The Bertz CT molecular complexity index is 632. The molecule has 2 heterocycles. The third kappa shape index (κ3) is 5.21. The molecular formula is C18H31N5O2. The van der Waals surface area contributed by atoms with E-state index < -0.39 is 0 Å². The van der Waals surface area contributed by atoms with Crippen molar-refractivity contribution in [3.8, 4) is 0 Å². The molecular weight excluding hydrogens is 318 g/mol. The van der Waals surface area contributed by atoms with E-state index in [2.05, 4.69) is 22.7 Å². The second kappa shape index (κ2) is 7.45. The van der Waals surface area contributed by atoms with Crippen LogP contribution >= 0.6 is 0 Å². The molecule has 0 spiro atoms. The molecule has 0 saturated carbocycles. The van der Waals surface area contributed by atoms with Crippen LogP contribution in [0.2, 0.25) is 0 Å². The van der Waals surface area contributed by atoms with Crippen LogP contribution in [0.1, 0.15) is 45.5 Å². The van der Waals surface area contributed by atoms with E-state index in [0.29, 0.717) is 19.5 Å². The largest absolute Gasteiger partial charge is 0.338 e. The molecule has 7 nitrogen and oxygen atoms in total. The zero-order chi connectivity index (χ0) is 18.8. The molecule has 1 fully saturated rings. The Labute approximate surface area is 150 Å². The van der Waals surface area contributed by atoms with Crippen LogP contribution in [-0.2, 0) is 11.3 Å². The van der Waals surface area contributed by atoms with Crippen molar-refractivity contribution in [1.29, 1.82) is 0 Å². The number of hydrogen-bond donors (Lipinski definition) is 2. The molecule has 2 N–H and O–H groups in total. The molecule has 25 heavy (non-hydrogen) atoms. The zero-order valence-electron chi connectivity index (χ0n) is 16.2. The molecule has 1 aliphatic rings. The highest BCUT2D eigenvalue weighted by molar-refractivity contribution is 5.82. The first-order valence-corrected chi connectivity index (χ1v) is 8.92. The lowest BCUT2D eigenvalue weighted by Crippen LogP contribution is -2.47. The lowest BCUT2D eigenvalue weighted by atomic mass is 10.1. The SMILES string of the molecule is Cc1cc(C)n(C[C@@H](C)CNC(=O)N[C@H]2CC(=O)N(C(C)(C)C)C2)n1. The fourth-order valence-electron chi connectivity index (χ4n) is 3.18. The average Bonchev–Trinajstić information content (AvgIpc) is 2.99. The van der Waals surface area contributed by atoms with Gasteiger partial charge in [0.1, 0.15) is 0 Å². The lowest BCUT2D eigenvalue weighted by molar-refractivity contribution is -0.131. The van der Waals surface area contributed by atoms with Gasteiger partial charge in [-0.05, 0) is 46.6 Å². The first-order chi connectivity index (χ1) is 11.6. The van der Waals surface area contributed by atoms with Gasteiger partial charge >= 0.3 is 6.03 Å². The third-order valence-electron chi connectivity index (χ3n) is 4.47. The number of likely N-dealkylation sites (tertiary alicyclic amines) is 1. The maximum atomic E-state index is 12.1. The average molecular weight is 349 g/mol. The summed E-state index contributed by atoms with van der Waals surface area (Å²) in [5.41, 5.74) is 1.92. The number of nitrogens with one attached hydrogen (secondary N) is 2. The maximum Gasteiger partial charge on any atom is 0.315 e. The van der Waals surface area contributed by atoms with E-state index in [-0.39, 0.29) is 29.4 Å². The number of hydrogen-bond acceptors (Lipinski definition) is 3. The Morgan fingerprint density at radius 1 is 1.40 bits per heavy atom. The van der Waals surface area contributed by atoms with Crippen molar-refractivity contribution in [2.45, 2.75) is 66.1 Å². The van der Waals surface area contributed by atoms with Crippen LogP contribution in [0.15, 0.2) is 6.07 Å². The molecule has 1 aliphatic heterocycles. The van der Waals surface area contributed by atoms with Crippen molar-refractivity contribution in [3.63, 3.8) is 0 Å². The molecule has 0 aliphatic carbocycles. The molecule has 2 rings (SSSR count). The Morgan fingerprint density at radius 2 is 2.08 bits per heavy atom. The van der Waals surface area contributed by atoms with Gasteiger partial charge in [0.2, 0.25) is 5.91 Å². The number of rotatable bonds is 5. The minimum absolute atomic E-state index is 0.0932. The molecule has 0 aromatic carbocycles. The van der Waals surface area contributed by atoms with Crippen molar-refractivity contribution in [1.82, 2.24) is 25.3 Å². The van der Waals surface area contributed by atoms with E-state index in [1.807, 2.05) is 50.3 Å². The first-order valence-electron chi connectivity index (χ1n) is 8.92. The molecule has 1 aromatic rings. The number of amides is 3. The summed E-state index contributed by atoms with van der Waals surface area (Å²) in [7, 11) is 0. The van der Waals surface area contributed by atoms with Gasteiger partial charge in [0.05, 0.1) is 11.7 Å². The molecule has 2 atom stereocenters. The summed E-state index contributed by atoms with van der Waals surface area (Å²) in [5, 5.41) is 10.3. The highest BCUT2D eigenvalue weighted by Gasteiger charge is 2.36. The van der Waals surface area contributed by atoms with Crippen molar-refractivity contribution in [2.24, 2.45) is 5.92 Å².